The van der Waals surface area contributed by atoms with Crippen LogP contribution < -0.4 is 10.1 Å². The number of halogens is 1. The fourth-order valence-corrected chi connectivity index (χ4v) is 4.19. The number of nitrogens with zero attached hydrogens (tertiary/aromatic N) is 1. The monoisotopic (exact) mass is 580 g/mol. The van der Waals surface area contributed by atoms with Crippen molar-refractivity contribution < 1.29 is 14.3 Å². The second-order valence-electron chi connectivity index (χ2n) is 9.06. The summed E-state index contributed by atoms with van der Waals surface area (Å²) < 4.78 is 6.16. The first-order valence-corrected chi connectivity index (χ1v) is 12.3. The highest BCUT2D eigenvalue weighted by Crippen LogP contribution is 2.29. The number of hydrogen-bond donors (Lipinski definition) is 1. The molecule has 0 spiro atoms. The summed E-state index contributed by atoms with van der Waals surface area (Å²) in [6.45, 7) is 5.97. The van der Waals surface area contributed by atoms with Crippen LogP contribution in [0.2, 0.25) is 0 Å². The fourth-order valence-electron chi connectivity index (χ4n) is 3.51. The highest BCUT2D eigenvalue weighted by Gasteiger charge is 2.34. The molecule has 0 bridgehead atoms. The van der Waals surface area contributed by atoms with Gasteiger partial charge in [-0.2, -0.15) is 0 Å². The molecule has 1 atom stereocenters. The average Bonchev–Trinajstić information content (AvgIpc) is 2.83. The Balaban J connectivity index is 2.08. The van der Waals surface area contributed by atoms with E-state index >= 15 is 0 Å². The Morgan fingerprint density at radius 1 is 0.971 bits per heavy atom. The molecule has 0 aromatic heterocycles. The standard InChI is InChI=1S/C29H29IN2O3/c1-29(2,3)31-28(34)27(24-12-8-9-13-25(24)30)32(20-22-14-17-23(35-4)18-15-22)26(33)19-16-21-10-6-5-7-11-21/h5-15,17-18,27H,20H2,1-4H3,(H,31,34). The van der Waals surface area contributed by atoms with Gasteiger partial charge in [-0.05, 0) is 84.8 Å². The molecule has 180 valence electrons. The fraction of sp³-hybridized carbons (Fsp3) is 0.241. The molecule has 2 amide bonds. The van der Waals surface area contributed by atoms with E-state index in [2.05, 4.69) is 39.7 Å². The van der Waals surface area contributed by atoms with Gasteiger partial charge < -0.3 is 15.0 Å². The quantitative estimate of drug-likeness (QED) is 0.317. The van der Waals surface area contributed by atoms with Crippen molar-refractivity contribution in [2.24, 2.45) is 0 Å². The molecule has 3 aromatic carbocycles. The summed E-state index contributed by atoms with van der Waals surface area (Å²) in [6.07, 6.45) is 0. The molecular formula is C29H29IN2O3. The maximum absolute atomic E-state index is 13.6. The van der Waals surface area contributed by atoms with Gasteiger partial charge in [0, 0.05) is 27.1 Å². The summed E-state index contributed by atoms with van der Waals surface area (Å²) in [5.41, 5.74) is 1.87. The molecule has 0 saturated carbocycles. The third-order valence-corrected chi connectivity index (χ3v) is 6.10. The van der Waals surface area contributed by atoms with Crippen LogP contribution in [0.5, 0.6) is 5.75 Å². The number of nitrogens with one attached hydrogen (secondary N) is 1. The minimum atomic E-state index is -0.859. The molecule has 1 unspecified atom stereocenters. The average molecular weight is 580 g/mol. The summed E-state index contributed by atoms with van der Waals surface area (Å²) in [4.78, 5) is 28.8. The first kappa shape index (κ1) is 26.3. The Hall–Kier alpha value is -3.31. The molecule has 3 rings (SSSR count). The molecule has 0 radical (unpaired) electrons. The predicted octanol–water partition coefficient (Wildman–Crippen LogP) is 5.34. The van der Waals surface area contributed by atoms with Crippen LogP contribution in [-0.2, 0) is 16.1 Å². The van der Waals surface area contributed by atoms with E-state index in [9.17, 15) is 9.59 Å². The number of carbonyl (C=O) groups excluding carboxylic acids is 2. The number of amides is 2. The molecular weight excluding hydrogens is 551 g/mol. The van der Waals surface area contributed by atoms with Crippen molar-refractivity contribution in [3.63, 3.8) is 0 Å². The van der Waals surface area contributed by atoms with Crippen LogP contribution in [0.4, 0.5) is 0 Å². The summed E-state index contributed by atoms with van der Waals surface area (Å²) >= 11 is 2.20. The number of methoxy groups -OCH3 is 1. The Labute approximate surface area is 221 Å². The topological polar surface area (TPSA) is 58.6 Å². The number of hydrogen-bond acceptors (Lipinski definition) is 3. The van der Waals surface area contributed by atoms with E-state index in [1.807, 2.05) is 99.6 Å². The van der Waals surface area contributed by atoms with E-state index in [0.717, 1.165) is 26.0 Å². The van der Waals surface area contributed by atoms with Crippen molar-refractivity contribution in [1.82, 2.24) is 10.2 Å². The zero-order valence-corrected chi connectivity index (χ0v) is 22.5. The van der Waals surface area contributed by atoms with Crippen LogP contribution in [0.15, 0.2) is 78.9 Å². The van der Waals surface area contributed by atoms with Gasteiger partial charge >= 0.3 is 0 Å². The van der Waals surface area contributed by atoms with Crippen LogP contribution in [0, 0.1) is 15.4 Å². The van der Waals surface area contributed by atoms with E-state index in [1.165, 1.54) is 4.90 Å². The first-order valence-electron chi connectivity index (χ1n) is 11.2. The highest BCUT2D eigenvalue weighted by atomic mass is 127. The van der Waals surface area contributed by atoms with E-state index in [4.69, 9.17) is 4.74 Å². The molecule has 3 aromatic rings. The van der Waals surface area contributed by atoms with Gasteiger partial charge in [-0.3, -0.25) is 9.59 Å². The van der Waals surface area contributed by atoms with Gasteiger partial charge in [-0.15, -0.1) is 0 Å². The van der Waals surface area contributed by atoms with Gasteiger partial charge in [-0.25, -0.2) is 0 Å². The van der Waals surface area contributed by atoms with Crippen LogP contribution >= 0.6 is 22.6 Å². The van der Waals surface area contributed by atoms with Crippen LogP contribution in [0.1, 0.15) is 43.5 Å². The van der Waals surface area contributed by atoms with Gasteiger partial charge in [0.15, 0.2) is 0 Å². The summed E-state index contributed by atoms with van der Waals surface area (Å²) in [6, 6.07) is 23.5. The first-order chi connectivity index (χ1) is 16.7. The molecule has 35 heavy (non-hydrogen) atoms. The van der Waals surface area contributed by atoms with Crippen LogP contribution in [0.3, 0.4) is 0 Å². The molecule has 0 aliphatic carbocycles. The summed E-state index contributed by atoms with van der Waals surface area (Å²) in [5, 5.41) is 3.05. The zero-order chi connectivity index (χ0) is 25.4. The lowest BCUT2D eigenvalue weighted by molar-refractivity contribution is -0.138. The molecule has 0 aliphatic heterocycles. The van der Waals surface area contributed by atoms with Crippen molar-refractivity contribution in [3.8, 4) is 17.6 Å². The van der Waals surface area contributed by atoms with E-state index < -0.39 is 17.5 Å². The Kier molecular flexibility index (Phi) is 8.94. The Morgan fingerprint density at radius 2 is 1.60 bits per heavy atom. The van der Waals surface area contributed by atoms with Gasteiger partial charge in [0.25, 0.3) is 5.91 Å². The minimum Gasteiger partial charge on any atom is -0.497 e. The second-order valence-corrected chi connectivity index (χ2v) is 10.2. The van der Waals surface area contributed by atoms with Gasteiger partial charge in [0.05, 0.1) is 7.11 Å². The third-order valence-electron chi connectivity index (χ3n) is 5.12. The Morgan fingerprint density at radius 3 is 2.20 bits per heavy atom. The van der Waals surface area contributed by atoms with Gasteiger partial charge in [0.1, 0.15) is 11.8 Å². The zero-order valence-electron chi connectivity index (χ0n) is 20.3. The molecule has 0 fully saturated rings. The van der Waals surface area contributed by atoms with Crippen molar-refractivity contribution in [2.45, 2.75) is 38.9 Å². The van der Waals surface area contributed by atoms with E-state index in [0.29, 0.717) is 0 Å². The number of benzene rings is 3. The lowest BCUT2D eigenvalue weighted by Crippen LogP contribution is -2.49. The van der Waals surface area contributed by atoms with E-state index in [-0.39, 0.29) is 12.5 Å². The van der Waals surface area contributed by atoms with Crippen LogP contribution in [-0.4, -0.2) is 29.4 Å². The largest absolute Gasteiger partial charge is 0.497 e. The maximum atomic E-state index is 13.6. The Bertz CT molecular complexity index is 1220. The number of carbonyl (C=O) groups is 2. The van der Waals surface area contributed by atoms with Crippen molar-refractivity contribution >= 4 is 34.4 Å². The van der Waals surface area contributed by atoms with Crippen molar-refractivity contribution in [2.75, 3.05) is 7.11 Å². The summed E-state index contributed by atoms with van der Waals surface area (Å²) in [5.74, 6) is 5.73. The van der Waals surface area contributed by atoms with Crippen molar-refractivity contribution in [3.05, 3.63) is 99.1 Å². The third kappa shape index (κ3) is 7.59. The molecule has 1 N–H and O–H groups in total. The highest BCUT2D eigenvalue weighted by molar-refractivity contribution is 14.1. The van der Waals surface area contributed by atoms with E-state index in [1.54, 1.807) is 7.11 Å². The summed E-state index contributed by atoms with van der Waals surface area (Å²) in [7, 11) is 1.61. The number of ether oxygens (including phenoxy) is 1. The predicted molar refractivity (Wildman–Crippen MR) is 147 cm³/mol. The molecule has 6 heteroatoms. The second kappa shape index (κ2) is 11.9. The van der Waals surface area contributed by atoms with Crippen molar-refractivity contribution in [1.29, 1.82) is 0 Å². The minimum absolute atomic E-state index is 0.208. The molecule has 5 nitrogen and oxygen atoms in total. The molecule has 0 saturated heterocycles. The smallest absolute Gasteiger partial charge is 0.300 e. The van der Waals surface area contributed by atoms with Crippen LogP contribution in [0.25, 0.3) is 0 Å². The lowest BCUT2D eigenvalue weighted by Gasteiger charge is -2.33. The normalized spacial score (nSPS) is 11.6. The lowest BCUT2D eigenvalue weighted by atomic mass is 10.0. The maximum Gasteiger partial charge on any atom is 0.300 e. The SMILES string of the molecule is COc1ccc(CN(C(=O)C#Cc2ccccc2)C(C(=O)NC(C)(C)C)c2ccccc2I)cc1. The van der Waals surface area contributed by atoms with Gasteiger partial charge in [-0.1, -0.05) is 54.5 Å². The molecule has 0 aliphatic rings. The van der Waals surface area contributed by atoms with Gasteiger partial charge in [0.2, 0.25) is 5.91 Å². The molecule has 0 heterocycles. The number of rotatable bonds is 6.